The zero-order valence-corrected chi connectivity index (χ0v) is 15.2. The Hall–Kier alpha value is -1.34. The highest BCUT2D eigenvalue weighted by Gasteiger charge is 2.22. The van der Waals surface area contributed by atoms with E-state index in [0.29, 0.717) is 0 Å². The van der Waals surface area contributed by atoms with Gasteiger partial charge in [0.05, 0.1) is 5.69 Å². The summed E-state index contributed by atoms with van der Waals surface area (Å²) < 4.78 is 0. The molecule has 2 rings (SSSR count). The van der Waals surface area contributed by atoms with E-state index in [9.17, 15) is 4.79 Å². The minimum absolute atomic E-state index is 0.00517. The first-order valence-corrected chi connectivity index (χ1v) is 9.31. The number of anilines is 1. The number of hydrogen-bond donors (Lipinski definition) is 0. The molecule has 1 unspecified atom stereocenters. The Balaban J connectivity index is 2.28. The van der Waals surface area contributed by atoms with Crippen LogP contribution in [0.15, 0.2) is 18.5 Å². The smallest absolute Gasteiger partial charge is 0.231 e. The predicted octanol–water partition coefficient (Wildman–Crippen LogP) is 1.73. The molecule has 2 aromatic heterocycles. The number of amides is 1. The van der Waals surface area contributed by atoms with Gasteiger partial charge in [0.15, 0.2) is 0 Å². The molecule has 0 aromatic carbocycles. The van der Waals surface area contributed by atoms with E-state index in [-0.39, 0.29) is 11.8 Å². The van der Waals surface area contributed by atoms with Gasteiger partial charge in [-0.25, -0.2) is 4.98 Å². The number of aromatic nitrogens is 2. The van der Waals surface area contributed by atoms with Gasteiger partial charge in [0, 0.05) is 36.7 Å². The van der Waals surface area contributed by atoms with Crippen LogP contribution >= 0.6 is 23.1 Å². The van der Waals surface area contributed by atoms with Gasteiger partial charge in [-0.15, -0.1) is 0 Å². The highest BCUT2D eigenvalue weighted by Crippen LogP contribution is 2.34. The fourth-order valence-electron chi connectivity index (χ4n) is 2.25. The van der Waals surface area contributed by atoms with Crippen molar-refractivity contribution in [3.8, 4) is 10.6 Å². The van der Waals surface area contributed by atoms with E-state index in [4.69, 9.17) is 0 Å². The average molecular weight is 333 g/mol. The van der Waals surface area contributed by atoms with Gasteiger partial charge in [-0.1, -0.05) is 29.8 Å². The number of aryl methyl sites for hydroxylation is 1. The molecule has 1 atom stereocenters. The normalized spacial score (nSPS) is 12.2. The monoisotopic (exact) mass is 333 g/mol. The molecule has 22 heavy (non-hydrogen) atoms. The molecule has 0 saturated heterocycles. The molecule has 0 bridgehead atoms. The first kappa shape index (κ1) is 17.0. The Kier molecular flexibility index (Phi) is 5.64. The van der Waals surface area contributed by atoms with E-state index in [1.54, 1.807) is 28.0 Å². The number of thioether (sulfide) groups is 1. The summed E-state index contributed by atoms with van der Waals surface area (Å²) in [6.07, 6.45) is 5.66. The number of thiazole rings is 1. The van der Waals surface area contributed by atoms with E-state index in [2.05, 4.69) is 16.0 Å². The summed E-state index contributed by atoms with van der Waals surface area (Å²) in [5.41, 5.74) is 2.98. The highest BCUT2D eigenvalue weighted by atomic mass is 32.2. The van der Waals surface area contributed by atoms with E-state index in [0.717, 1.165) is 32.5 Å². The van der Waals surface area contributed by atoms with Crippen molar-refractivity contribution >= 4 is 47.3 Å². The predicted molar refractivity (Wildman–Crippen MR) is 99.2 cm³/mol. The Labute approximate surface area is 140 Å². The highest BCUT2D eigenvalue weighted by molar-refractivity contribution is 7.98. The van der Waals surface area contributed by atoms with Gasteiger partial charge in [-0.2, -0.15) is 11.8 Å². The fourth-order valence-corrected chi connectivity index (χ4v) is 3.90. The summed E-state index contributed by atoms with van der Waals surface area (Å²) in [5, 5.41) is 1.82. The van der Waals surface area contributed by atoms with E-state index in [1.807, 2.05) is 47.4 Å². The molecule has 2 aromatic rings. The number of carbonyl (C=O) groups is 1. The Morgan fingerprint density at radius 1 is 1.50 bits per heavy atom. The van der Waals surface area contributed by atoms with Crippen molar-refractivity contribution in [2.45, 2.75) is 13.8 Å². The third kappa shape index (κ3) is 3.70. The lowest BCUT2D eigenvalue weighted by atomic mass is 9.97. The van der Waals surface area contributed by atoms with Crippen molar-refractivity contribution in [3.63, 3.8) is 0 Å². The quantitative estimate of drug-likeness (QED) is 0.782. The maximum absolute atomic E-state index is 12.5. The number of carbonyl (C=O) groups excluding carboxylic acids is 1. The number of hydrogen-bond acceptors (Lipinski definition) is 5. The lowest BCUT2D eigenvalue weighted by Crippen LogP contribution is -2.32. The van der Waals surface area contributed by atoms with E-state index in [1.165, 1.54) is 0 Å². The fraction of sp³-hybridized carbons (Fsp3) is 0.400. The molecule has 0 spiro atoms. The van der Waals surface area contributed by atoms with Crippen LogP contribution in [0, 0.1) is 12.8 Å². The van der Waals surface area contributed by atoms with Crippen molar-refractivity contribution in [2.24, 2.45) is 5.92 Å². The van der Waals surface area contributed by atoms with Gasteiger partial charge in [0.2, 0.25) is 5.91 Å². The van der Waals surface area contributed by atoms with Gasteiger partial charge in [0.25, 0.3) is 0 Å². The zero-order chi connectivity index (χ0) is 16.3. The van der Waals surface area contributed by atoms with Crippen LogP contribution in [0.5, 0.6) is 0 Å². The van der Waals surface area contributed by atoms with Crippen LogP contribution in [-0.4, -0.2) is 42.8 Å². The number of rotatable bonds is 5. The molecule has 0 saturated carbocycles. The van der Waals surface area contributed by atoms with Crippen LogP contribution in [0.4, 0.5) is 5.00 Å². The maximum Gasteiger partial charge on any atom is 0.231 e. The molecule has 116 valence electrons. The second kappa shape index (κ2) is 7.29. The van der Waals surface area contributed by atoms with Crippen LogP contribution in [0.2, 0.25) is 0 Å². The Bertz CT molecular complexity index is 675. The second-order valence-corrected chi connectivity index (χ2v) is 7.30. The van der Waals surface area contributed by atoms with Crippen molar-refractivity contribution in [1.29, 1.82) is 0 Å². The molecule has 0 fully saturated rings. The lowest BCUT2D eigenvalue weighted by molar-refractivity contribution is -0.120. The minimum atomic E-state index is 0.00517. The Morgan fingerprint density at radius 2 is 2.23 bits per heavy atom. The first-order chi connectivity index (χ1) is 10.4. The third-order valence-corrected chi connectivity index (χ3v) is 5.48. The van der Waals surface area contributed by atoms with Gasteiger partial charge in [0.1, 0.15) is 17.9 Å². The molecule has 7 heteroatoms. The molecule has 0 radical (unpaired) electrons. The average Bonchev–Trinajstić information content (AvgIpc) is 2.88. The lowest BCUT2D eigenvalue weighted by Gasteiger charge is -2.19. The molecular weight excluding hydrogens is 313 g/mol. The summed E-state index contributed by atoms with van der Waals surface area (Å²) in [5.74, 6) is 0.968. The number of nitrogens with zero attached hydrogens (tertiary/aromatic N) is 3. The van der Waals surface area contributed by atoms with Gasteiger partial charge in [-0.05, 0) is 13.2 Å². The zero-order valence-electron chi connectivity index (χ0n) is 13.6. The summed E-state index contributed by atoms with van der Waals surface area (Å²) in [4.78, 5) is 23.0. The molecular formula is C15H20BN3OS2. The molecule has 0 aliphatic rings. The molecule has 1 amide bonds. The maximum atomic E-state index is 12.5. The summed E-state index contributed by atoms with van der Waals surface area (Å²) in [6.45, 7) is 3.92. The van der Waals surface area contributed by atoms with Gasteiger partial charge < -0.3 is 4.90 Å². The SMILES string of the molecule is Bc1cncc(-c2nc(C)c(N(C)C(=O)C(C)CSC)s2)c1. The standard InChI is InChI=1S/C15H20BN3OS2/c1-9(8-21-4)14(20)19(3)15-10(2)18-13(22-15)11-5-12(16)7-17-6-11/h5-7,9H,8,16H2,1-4H3. The van der Waals surface area contributed by atoms with Crippen LogP contribution < -0.4 is 10.4 Å². The molecule has 2 heterocycles. The van der Waals surface area contributed by atoms with Crippen LogP contribution in [-0.2, 0) is 4.79 Å². The minimum Gasteiger partial charge on any atom is -0.305 e. The van der Waals surface area contributed by atoms with Crippen molar-refractivity contribution in [2.75, 3.05) is 24.0 Å². The molecule has 0 N–H and O–H groups in total. The summed E-state index contributed by atoms with van der Waals surface area (Å²) >= 11 is 3.23. The van der Waals surface area contributed by atoms with Crippen LogP contribution in [0.25, 0.3) is 10.6 Å². The summed E-state index contributed by atoms with van der Waals surface area (Å²) in [7, 11) is 3.84. The second-order valence-electron chi connectivity index (χ2n) is 5.41. The van der Waals surface area contributed by atoms with Crippen LogP contribution in [0.3, 0.4) is 0 Å². The van der Waals surface area contributed by atoms with Gasteiger partial charge in [-0.3, -0.25) is 9.78 Å². The first-order valence-electron chi connectivity index (χ1n) is 7.10. The van der Waals surface area contributed by atoms with Crippen LogP contribution in [0.1, 0.15) is 12.6 Å². The number of pyridine rings is 1. The third-order valence-electron chi connectivity index (χ3n) is 3.37. The van der Waals surface area contributed by atoms with Crippen molar-refractivity contribution in [3.05, 3.63) is 24.2 Å². The molecule has 0 aliphatic carbocycles. The van der Waals surface area contributed by atoms with Gasteiger partial charge >= 0.3 is 0 Å². The van der Waals surface area contributed by atoms with E-state index < -0.39 is 0 Å². The van der Waals surface area contributed by atoms with Crippen molar-refractivity contribution < 1.29 is 4.79 Å². The Morgan fingerprint density at radius 3 is 2.86 bits per heavy atom. The topological polar surface area (TPSA) is 46.1 Å². The van der Waals surface area contributed by atoms with E-state index >= 15 is 0 Å². The summed E-state index contributed by atoms with van der Waals surface area (Å²) in [6, 6.07) is 2.06. The molecule has 0 aliphatic heterocycles. The largest absolute Gasteiger partial charge is 0.305 e. The van der Waals surface area contributed by atoms with Crippen molar-refractivity contribution in [1.82, 2.24) is 9.97 Å². The molecule has 4 nitrogen and oxygen atoms in total.